The average Bonchev–Trinajstić information content (AvgIpc) is 2.72. The van der Waals surface area contributed by atoms with Crippen molar-refractivity contribution < 1.29 is 9.53 Å². The number of hydrogen-bond donors (Lipinski definition) is 2. The van der Waals surface area contributed by atoms with E-state index in [1.807, 2.05) is 14.0 Å². The topological polar surface area (TPSA) is 82.2 Å². The lowest BCUT2D eigenvalue weighted by Gasteiger charge is -2.42. The second kappa shape index (κ2) is 4.85. The summed E-state index contributed by atoms with van der Waals surface area (Å²) in [7, 11) is 1.82. The summed E-state index contributed by atoms with van der Waals surface area (Å²) >= 11 is 0. The van der Waals surface area contributed by atoms with Crippen molar-refractivity contribution in [2.45, 2.75) is 31.5 Å². The van der Waals surface area contributed by atoms with Gasteiger partial charge in [0.25, 0.3) is 5.91 Å². The fourth-order valence-corrected chi connectivity index (χ4v) is 1.98. The summed E-state index contributed by atoms with van der Waals surface area (Å²) in [4.78, 5) is 15.9. The molecule has 0 aliphatic heterocycles. The monoisotopic (exact) mass is 238 g/mol. The first-order chi connectivity index (χ1) is 8.11. The van der Waals surface area contributed by atoms with Crippen LogP contribution in [0.1, 0.15) is 23.8 Å². The van der Waals surface area contributed by atoms with Gasteiger partial charge >= 0.3 is 0 Å². The quantitative estimate of drug-likeness (QED) is 0.751. The van der Waals surface area contributed by atoms with Gasteiger partial charge in [-0.25, -0.2) is 4.98 Å². The van der Waals surface area contributed by atoms with Gasteiger partial charge in [0, 0.05) is 25.9 Å². The summed E-state index contributed by atoms with van der Waals surface area (Å²) in [6.07, 6.45) is 4.09. The second-order valence-corrected chi connectivity index (χ2v) is 4.32. The average molecular weight is 238 g/mol. The van der Waals surface area contributed by atoms with E-state index in [1.54, 1.807) is 17.1 Å². The van der Waals surface area contributed by atoms with E-state index in [2.05, 4.69) is 10.3 Å². The SMILES string of the molecule is CCOC1CC(N)C1NC(=O)c1cn(C)cn1. The molecule has 1 amide bonds. The molecule has 3 N–H and O–H groups in total. The zero-order valence-electron chi connectivity index (χ0n) is 10.1. The normalized spacial score (nSPS) is 27.6. The van der Waals surface area contributed by atoms with Gasteiger partial charge in [0.1, 0.15) is 5.69 Å². The first kappa shape index (κ1) is 12.1. The lowest BCUT2D eigenvalue weighted by Crippen LogP contribution is -2.64. The van der Waals surface area contributed by atoms with Crippen molar-refractivity contribution in [2.24, 2.45) is 12.8 Å². The molecule has 1 heterocycles. The molecule has 0 spiro atoms. The smallest absolute Gasteiger partial charge is 0.271 e. The van der Waals surface area contributed by atoms with E-state index in [-0.39, 0.29) is 24.1 Å². The molecule has 3 atom stereocenters. The third-order valence-electron chi connectivity index (χ3n) is 2.98. The fraction of sp³-hybridized carbons (Fsp3) is 0.636. The first-order valence-electron chi connectivity index (χ1n) is 5.77. The van der Waals surface area contributed by atoms with Crippen LogP contribution in [0.4, 0.5) is 0 Å². The van der Waals surface area contributed by atoms with E-state index in [4.69, 9.17) is 10.5 Å². The number of nitrogens with zero attached hydrogens (tertiary/aromatic N) is 2. The summed E-state index contributed by atoms with van der Waals surface area (Å²) in [6, 6.07) is -0.135. The molecule has 0 bridgehead atoms. The van der Waals surface area contributed by atoms with Gasteiger partial charge in [0.05, 0.1) is 18.5 Å². The number of imidazole rings is 1. The zero-order valence-corrected chi connectivity index (χ0v) is 10.1. The Labute approximate surface area is 100 Å². The Balaban J connectivity index is 1.94. The van der Waals surface area contributed by atoms with Crippen molar-refractivity contribution in [3.63, 3.8) is 0 Å². The Kier molecular flexibility index (Phi) is 3.44. The Morgan fingerprint density at radius 2 is 2.53 bits per heavy atom. The standard InChI is InChI=1S/C11H18N4O2/c1-3-17-9-4-7(12)10(9)14-11(16)8-5-15(2)6-13-8/h5-7,9-10H,3-4,12H2,1-2H3,(H,14,16). The number of nitrogens with one attached hydrogen (secondary N) is 1. The first-order valence-corrected chi connectivity index (χ1v) is 5.77. The Morgan fingerprint density at radius 3 is 3.06 bits per heavy atom. The largest absolute Gasteiger partial charge is 0.376 e. The highest BCUT2D eigenvalue weighted by atomic mass is 16.5. The molecule has 2 rings (SSSR count). The van der Waals surface area contributed by atoms with E-state index in [1.165, 1.54) is 0 Å². The summed E-state index contributed by atoms with van der Waals surface area (Å²) in [5.74, 6) is -0.199. The molecular weight excluding hydrogens is 220 g/mol. The molecule has 3 unspecified atom stereocenters. The number of aryl methyl sites for hydroxylation is 1. The maximum absolute atomic E-state index is 11.9. The van der Waals surface area contributed by atoms with Crippen molar-refractivity contribution >= 4 is 5.91 Å². The highest BCUT2D eigenvalue weighted by molar-refractivity contribution is 5.92. The van der Waals surface area contributed by atoms with Crippen molar-refractivity contribution in [1.29, 1.82) is 0 Å². The van der Waals surface area contributed by atoms with Crippen LogP contribution in [0.3, 0.4) is 0 Å². The van der Waals surface area contributed by atoms with Gasteiger partial charge in [0.15, 0.2) is 0 Å². The Hall–Kier alpha value is -1.40. The third-order valence-corrected chi connectivity index (χ3v) is 2.98. The summed E-state index contributed by atoms with van der Waals surface area (Å²) in [5, 5.41) is 2.87. The molecule has 1 aliphatic carbocycles. The van der Waals surface area contributed by atoms with E-state index < -0.39 is 0 Å². The molecule has 1 aromatic rings. The maximum atomic E-state index is 11.9. The lowest BCUT2D eigenvalue weighted by molar-refractivity contribution is -0.0300. The van der Waals surface area contributed by atoms with E-state index in [0.717, 1.165) is 6.42 Å². The summed E-state index contributed by atoms with van der Waals surface area (Å²) in [5.41, 5.74) is 6.26. The number of amides is 1. The van der Waals surface area contributed by atoms with Crippen molar-refractivity contribution in [3.05, 3.63) is 18.2 Å². The van der Waals surface area contributed by atoms with Crippen LogP contribution in [0.5, 0.6) is 0 Å². The maximum Gasteiger partial charge on any atom is 0.271 e. The van der Waals surface area contributed by atoms with Crippen LogP contribution in [-0.2, 0) is 11.8 Å². The minimum atomic E-state index is -0.199. The number of ether oxygens (including phenoxy) is 1. The zero-order chi connectivity index (χ0) is 12.4. The van der Waals surface area contributed by atoms with Crippen molar-refractivity contribution in [1.82, 2.24) is 14.9 Å². The predicted molar refractivity (Wildman–Crippen MR) is 62.5 cm³/mol. The fourth-order valence-electron chi connectivity index (χ4n) is 1.98. The molecule has 1 aliphatic rings. The van der Waals surface area contributed by atoms with Gasteiger partial charge in [-0.05, 0) is 13.3 Å². The van der Waals surface area contributed by atoms with Gasteiger partial charge in [0.2, 0.25) is 0 Å². The van der Waals surface area contributed by atoms with Gasteiger partial charge < -0.3 is 20.4 Å². The van der Waals surface area contributed by atoms with Crippen molar-refractivity contribution in [3.8, 4) is 0 Å². The highest BCUT2D eigenvalue weighted by Gasteiger charge is 2.40. The van der Waals surface area contributed by atoms with Crippen LogP contribution in [0.15, 0.2) is 12.5 Å². The van der Waals surface area contributed by atoms with Crippen LogP contribution >= 0.6 is 0 Å². The summed E-state index contributed by atoms with van der Waals surface area (Å²) in [6.45, 7) is 2.56. The Morgan fingerprint density at radius 1 is 1.76 bits per heavy atom. The van der Waals surface area contributed by atoms with E-state index >= 15 is 0 Å². The van der Waals surface area contributed by atoms with Gasteiger partial charge in [-0.15, -0.1) is 0 Å². The molecule has 0 aromatic carbocycles. The third kappa shape index (κ3) is 2.48. The summed E-state index contributed by atoms with van der Waals surface area (Å²) < 4.78 is 7.21. The lowest BCUT2D eigenvalue weighted by atomic mass is 9.83. The molecular formula is C11H18N4O2. The van der Waals surface area contributed by atoms with Gasteiger partial charge in [-0.3, -0.25) is 4.79 Å². The molecule has 1 fully saturated rings. The van der Waals surface area contributed by atoms with Gasteiger partial charge in [-0.2, -0.15) is 0 Å². The second-order valence-electron chi connectivity index (χ2n) is 4.32. The van der Waals surface area contributed by atoms with Crippen LogP contribution in [0.25, 0.3) is 0 Å². The molecule has 1 saturated carbocycles. The van der Waals surface area contributed by atoms with Crippen molar-refractivity contribution in [2.75, 3.05) is 6.61 Å². The number of carbonyl (C=O) groups is 1. The molecule has 0 saturated heterocycles. The van der Waals surface area contributed by atoms with Crippen LogP contribution in [-0.4, -0.2) is 40.3 Å². The highest BCUT2D eigenvalue weighted by Crippen LogP contribution is 2.22. The number of carbonyl (C=O) groups excluding carboxylic acids is 1. The predicted octanol–water partition coefficient (Wildman–Crippen LogP) is -0.345. The number of nitrogens with two attached hydrogens (primary N) is 1. The molecule has 1 aromatic heterocycles. The molecule has 6 heteroatoms. The van der Waals surface area contributed by atoms with Crippen LogP contribution < -0.4 is 11.1 Å². The van der Waals surface area contributed by atoms with E-state index in [9.17, 15) is 4.79 Å². The number of hydrogen-bond acceptors (Lipinski definition) is 4. The van der Waals surface area contributed by atoms with Crippen LogP contribution in [0.2, 0.25) is 0 Å². The minimum absolute atomic E-state index is 0.0285. The Bertz CT molecular complexity index is 402. The number of aromatic nitrogens is 2. The molecule has 0 radical (unpaired) electrons. The molecule has 94 valence electrons. The molecule has 6 nitrogen and oxygen atoms in total. The van der Waals surface area contributed by atoms with E-state index in [0.29, 0.717) is 12.3 Å². The number of rotatable bonds is 4. The van der Waals surface area contributed by atoms with Gasteiger partial charge in [-0.1, -0.05) is 0 Å². The molecule has 17 heavy (non-hydrogen) atoms. The minimum Gasteiger partial charge on any atom is -0.376 e. The van der Waals surface area contributed by atoms with Crippen LogP contribution in [0, 0.1) is 0 Å².